The summed E-state index contributed by atoms with van der Waals surface area (Å²) < 4.78 is 13.8. The standard InChI is InChI=1S/C14H10BrCl3FN/c1-7(10-3-2-8(16)4-12(10)17)20-14-11(15)5-9(19)6-13(14)18/h2-7,20H,1H3. The van der Waals surface area contributed by atoms with Gasteiger partial charge in [0.25, 0.3) is 0 Å². The molecule has 0 aliphatic carbocycles. The number of hydrogen-bond donors (Lipinski definition) is 1. The van der Waals surface area contributed by atoms with Gasteiger partial charge in [0, 0.05) is 14.5 Å². The predicted molar refractivity (Wildman–Crippen MR) is 87.6 cm³/mol. The maximum atomic E-state index is 13.2. The summed E-state index contributed by atoms with van der Waals surface area (Å²) in [5.41, 5.74) is 1.50. The molecule has 0 heterocycles. The van der Waals surface area contributed by atoms with Crippen molar-refractivity contribution in [3.05, 3.63) is 61.3 Å². The minimum atomic E-state index is -0.399. The SMILES string of the molecule is CC(Nc1c(Cl)cc(F)cc1Br)c1ccc(Cl)cc1Cl. The van der Waals surface area contributed by atoms with Crippen LogP contribution in [0.5, 0.6) is 0 Å². The highest BCUT2D eigenvalue weighted by atomic mass is 79.9. The van der Waals surface area contributed by atoms with Gasteiger partial charge in [0.05, 0.1) is 16.8 Å². The average molecular weight is 398 g/mol. The van der Waals surface area contributed by atoms with Crippen LogP contribution in [0.2, 0.25) is 15.1 Å². The number of anilines is 1. The fourth-order valence-corrected chi connectivity index (χ4v) is 3.32. The molecule has 1 N–H and O–H groups in total. The molecule has 2 aromatic carbocycles. The van der Waals surface area contributed by atoms with Crippen LogP contribution in [-0.2, 0) is 0 Å². The van der Waals surface area contributed by atoms with Gasteiger partial charge in [-0.15, -0.1) is 0 Å². The van der Waals surface area contributed by atoms with E-state index < -0.39 is 5.82 Å². The Balaban J connectivity index is 2.30. The maximum absolute atomic E-state index is 13.2. The maximum Gasteiger partial charge on any atom is 0.125 e. The average Bonchev–Trinajstić information content (AvgIpc) is 2.33. The van der Waals surface area contributed by atoms with Gasteiger partial charge in [-0.2, -0.15) is 0 Å². The van der Waals surface area contributed by atoms with Crippen molar-refractivity contribution < 1.29 is 4.39 Å². The Morgan fingerprint density at radius 2 is 1.80 bits per heavy atom. The largest absolute Gasteiger partial charge is 0.376 e. The molecule has 0 saturated heterocycles. The van der Waals surface area contributed by atoms with E-state index in [1.807, 2.05) is 13.0 Å². The summed E-state index contributed by atoms with van der Waals surface area (Å²) in [6.45, 7) is 1.93. The fourth-order valence-electron chi connectivity index (χ4n) is 1.83. The molecule has 0 bridgehead atoms. The number of halogens is 5. The Morgan fingerprint density at radius 3 is 2.40 bits per heavy atom. The van der Waals surface area contributed by atoms with Gasteiger partial charge in [-0.1, -0.05) is 40.9 Å². The van der Waals surface area contributed by atoms with Gasteiger partial charge >= 0.3 is 0 Å². The lowest BCUT2D eigenvalue weighted by Crippen LogP contribution is -2.08. The van der Waals surface area contributed by atoms with Crippen LogP contribution in [0.15, 0.2) is 34.8 Å². The van der Waals surface area contributed by atoms with Gasteiger partial charge < -0.3 is 5.32 Å². The second-order valence-electron chi connectivity index (χ2n) is 4.28. The van der Waals surface area contributed by atoms with Gasteiger partial charge in [-0.3, -0.25) is 0 Å². The van der Waals surface area contributed by atoms with Crippen LogP contribution in [0.25, 0.3) is 0 Å². The molecule has 0 radical (unpaired) electrons. The van der Waals surface area contributed by atoms with Crippen LogP contribution in [-0.4, -0.2) is 0 Å². The monoisotopic (exact) mass is 395 g/mol. The second kappa shape index (κ2) is 6.52. The topological polar surface area (TPSA) is 12.0 Å². The molecule has 0 fully saturated rings. The first-order valence-corrected chi connectivity index (χ1v) is 7.67. The summed E-state index contributed by atoms with van der Waals surface area (Å²) in [6.07, 6.45) is 0. The van der Waals surface area contributed by atoms with Crippen LogP contribution >= 0.6 is 50.7 Å². The third-order valence-corrected chi connectivity index (χ3v) is 4.28. The summed E-state index contributed by atoms with van der Waals surface area (Å²) in [4.78, 5) is 0. The van der Waals surface area contributed by atoms with Crippen molar-refractivity contribution in [1.82, 2.24) is 0 Å². The first-order chi connectivity index (χ1) is 9.38. The molecular weight excluding hydrogens is 387 g/mol. The molecule has 0 amide bonds. The normalized spacial score (nSPS) is 12.3. The molecule has 6 heteroatoms. The zero-order valence-electron chi connectivity index (χ0n) is 10.4. The summed E-state index contributed by atoms with van der Waals surface area (Å²) >= 11 is 21.4. The Labute approximate surface area is 140 Å². The minimum absolute atomic E-state index is 0.112. The van der Waals surface area contributed by atoms with Crippen molar-refractivity contribution in [3.63, 3.8) is 0 Å². The van der Waals surface area contributed by atoms with Crippen LogP contribution in [0.1, 0.15) is 18.5 Å². The third kappa shape index (κ3) is 3.59. The van der Waals surface area contributed by atoms with E-state index in [1.165, 1.54) is 12.1 Å². The van der Waals surface area contributed by atoms with E-state index >= 15 is 0 Å². The number of nitrogens with one attached hydrogen (secondary N) is 1. The van der Waals surface area contributed by atoms with Crippen LogP contribution < -0.4 is 5.32 Å². The molecule has 0 aliphatic rings. The summed E-state index contributed by atoms with van der Waals surface area (Å²) in [5, 5.41) is 4.65. The van der Waals surface area contributed by atoms with Crippen molar-refractivity contribution in [2.24, 2.45) is 0 Å². The van der Waals surface area contributed by atoms with Crippen LogP contribution in [0.4, 0.5) is 10.1 Å². The molecule has 2 rings (SSSR count). The quantitative estimate of drug-likeness (QED) is 0.606. The second-order valence-corrected chi connectivity index (χ2v) is 6.38. The Bertz CT molecular complexity index is 625. The lowest BCUT2D eigenvalue weighted by molar-refractivity contribution is 0.627. The smallest absolute Gasteiger partial charge is 0.125 e. The van der Waals surface area contributed by atoms with Crippen molar-refractivity contribution in [3.8, 4) is 0 Å². The molecule has 20 heavy (non-hydrogen) atoms. The Hall–Kier alpha value is -0.480. The van der Waals surface area contributed by atoms with E-state index in [9.17, 15) is 4.39 Å². The summed E-state index contributed by atoms with van der Waals surface area (Å²) in [6, 6.07) is 7.78. The van der Waals surface area contributed by atoms with Crippen LogP contribution in [0, 0.1) is 5.82 Å². The van der Waals surface area contributed by atoms with Crippen LogP contribution in [0.3, 0.4) is 0 Å². The molecule has 1 atom stereocenters. The predicted octanol–water partition coefficient (Wildman–Crippen LogP) is 6.72. The Kier molecular flexibility index (Phi) is 5.19. The van der Waals surface area contributed by atoms with Gasteiger partial charge in [0.15, 0.2) is 0 Å². The van der Waals surface area contributed by atoms with Crippen molar-refractivity contribution >= 4 is 56.4 Å². The van der Waals surface area contributed by atoms with E-state index in [4.69, 9.17) is 34.8 Å². The zero-order valence-corrected chi connectivity index (χ0v) is 14.2. The third-order valence-electron chi connectivity index (χ3n) is 2.80. The summed E-state index contributed by atoms with van der Waals surface area (Å²) in [5.74, 6) is -0.399. The van der Waals surface area contributed by atoms with Gasteiger partial charge in [-0.25, -0.2) is 4.39 Å². The van der Waals surface area contributed by atoms with Crippen molar-refractivity contribution in [1.29, 1.82) is 0 Å². The molecular formula is C14H10BrCl3FN. The van der Waals surface area contributed by atoms with E-state index in [0.29, 0.717) is 25.2 Å². The molecule has 1 nitrogen and oxygen atoms in total. The summed E-state index contributed by atoms with van der Waals surface area (Å²) in [7, 11) is 0. The lowest BCUT2D eigenvalue weighted by atomic mass is 10.1. The molecule has 0 saturated carbocycles. The fraction of sp³-hybridized carbons (Fsp3) is 0.143. The van der Waals surface area contributed by atoms with E-state index in [0.717, 1.165) is 5.56 Å². The highest BCUT2D eigenvalue weighted by molar-refractivity contribution is 9.10. The number of rotatable bonds is 3. The molecule has 0 aromatic heterocycles. The minimum Gasteiger partial charge on any atom is -0.376 e. The lowest BCUT2D eigenvalue weighted by Gasteiger charge is -2.19. The highest BCUT2D eigenvalue weighted by Gasteiger charge is 2.14. The zero-order chi connectivity index (χ0) is 14.9. The van der Waals surface area contributed by atoms with Gasteiger partial charge in [0.1, 0.15) is 5.82 Å². The van der Waals surface area contributed by atoms with E-state index in [2.05, 4.69) is 21.2 Å². The first-order valence-electron chi connectivity index (χ1n) is 5.74. The first kappa shape index (κ1) is 15.9. The number of hydrogen-bond acceptors (Lipinski definition) is 1. The highest BCUT2D eigenvalue weighted by Crippen LogP contribution is 2.35. The Morgan fingerprint density at radius 1 is 1.10 bits per heavy atom. The van der Waals surface area contributed by atoms with E-state index in [-0.39, 0.29) is 6.04 Å². The molecule has 1 unspecified atom stereocenters. The van der Waals surface area contributed by atoms with Crippen molar-refractivity contribution in [2.75, 3.05) is 5.32 Å². The molecule has 0 aliphatic heterocycles. The molecule has 106 valence electrons. The number of benzene rings is 2. The van der Waals surface area contributed by atoms with Gasteiger partial charge in [-0.05, 0) is 52.7 Å². The molecule has 2 aromatic rings. The van der Waals surface area contributed by atoms with E-state index in [1.54, 1.807) is 12.1 Å². The van der Waals surface area contributed by atoms with Crippen molar-refractivity contribution in [2.45, 2.75) is 13.0 Å². The molecule has 0 spiro atoms. The van der Waals surface area contributed by atoms with Gasteiger partial charge in [0.2, 0.25) is 0 Å².